The monoisotopic (exact) mass is 498 g/mol. The molecule has 8 heteroatoms. The van der Waals surface area contributed by atoms with Crippen LogP contribution in [0.15, 0.2) is 41.7 Å². The molecule has 0 saturated carbocycles. The van der Waals surface area contributed by atoms with Gasteiger partial charge < -0.3 is 20.5 Å². The van der Waals surface area contributed by atoms with E-state index in [1.165, 1.54) is 0 Å². The van der Waals surface area contributed by atoms with Gasteiger partial charge >= 0.3 is 0 Å². The summed E-state index contributed by atoms with van der Waals surface area (Å²) in [7, 11) is 3.42. The van der Waals surface area contributed by atoms with Crippen LogP contribution in [0.2, 0.25) is 0 Å². The zero-order chi connectivity index (χ0) is 19.5. The molecule has 0 aliphatic heterocycles. The smallest absolute Gasteiger partial charge is 0.251 e. The SMILES string of the molecule is CN=C(NCCCCn1ccnc1C)NCCc1cccc(C(=O)NC)c1.I. The minimum Gasteiger partial charge on any atom is -0.356 e. The van der Waals surface area contributed by atoms with Gasteiger partial charge in [0, 0.05) is 51.7 Å². The minimum atomic E-state index is -0.0619. The summed E-state index contributed by atoms with van der Waals surface area (Å²) in [5.41, 5.74) is 1.81. The average Bonchev–Trinajstić information content (AvgIpc) is 3.10. The van der Waals surface area contributed by atoms with Crippen molar-refractivity contribution in [1.29, 1.82) is 0 Å². The van der Waals surface area contributed by atoms with Crippen LogP contribution < -0.4 is 16.0 Å². The normalized spacial score (nSPS) is 10.9. The van der Waals surface area contributed by atoms with Crippen molar-refractivity contribution in [3.63, 3.8) is 0 Å². The lowest BCUT2D eigenvalue weighted by Gasteiger charge is -2.12. The number of aryl methyl sites for hydroxylation is 2. The van der Waals surface area contributed by atoms with Crippen molar-refractivity contribution in [2.24, 2.45) is 4.99 Å². The molecular formula is C20H31IN6O. The number of unbranched alkanes of at least 4 members (excludes halogenated alkanes) is 1. The second kappa shape index (κ2) is 13.1. The summed E-state index contributed by atoms with van der Waals surface area (Å²) in [5.74, 6) is 1.80. The van der Waals surface area contributed by atoms with Gasteiger partial charge in [-0.15, -0.1) is 24.0 Å². The molecule has 0 spiro atoms. The number of benzene rings is 1. The molecule has 1 aromatic heterocycles. The number of halogens is 1. The van der Waals surface area contributed by atoms with Crippen LogP contribution in [0.4, 0.5) is 0 Å². The highest BCUT2D eigenvalue weighted by Crippen LogP contribution is 2.05. The molecule has 0 bridgehead atoms. The molecule has 0 unspecified atom stereocenters. The fraction of sp³-hybridized carbons (Fsp3) is 0.450. The van der Waals surface area contributed by atoms with Gasteiger partial charge in [0.15, 0.2) is 5.96 Å². The second-order valence-electron chi connectivity index (χ2n) is 6.33. The minimum absolute atomic E-state index is 0. The molecule has 28 heavy (non-hydrogen) atoms. The van der Waals surface area contributed by atoms with Gasteiger partial charge in [-0.05, 0) is 43.9 Å². The van der Waals surface area contributed by atoms with E-state index < -0.39 is 0 Å². The zero-order valence-electron chi connectivity index (χ0n) is 16.9. The van der Waals surface area contributed by atoms with E-state index in [2.05, 4.69) is 30.5 Å². The molecule has 0 aliphatic rings. The van der Waals surface area contributed by atoms with Crippen molar-refractivity contribution < 1.29 is 4.79 Å². The maximum atomic E-state index is 11.7. The highest BCUT2D eigenvalue weighted by atomic mass is 127. The molecule has 0 aliphatic carbocycles. The molecule has 0 fully saturated rings. The van der Waals surface area contributed by atoms with Crippen LogP contribution in [0, 0.1) is 6.92 Å². The quantitative estimate of drug-likeness (QED) is 0.215. The largest absolute Gasteiger partial charge is 0.356 e. The van der Waals surface area contributed by atoms with Crippen LogP contribution in [-0.2, 0) is 13.0 Å². The van der Waals surface area contributed by atoms with E-state index >= 15 is 0 Å². The first-order chi connectivity index (χ1) is 13.1. The van der Waals surface area contributed by atoms with E-state index in [0.29, 0.717) is 5.56 Å². The van der Waals surface area contributed by atoms with Gasteiger partial charge in [-0.3, -0.25) is 9.79 Å². The van der Waals surface area contributed by atoms with Crippen LogP contribution in [0.25, 0.3) is 0 Å². The van der Waals surface area contributed by atoms with Gasteiger partial charge in [0.2, 0.25) is 0 Å². The van der Waals surface area contributed by atoms with Crippen LogP contribution >= 0.6 is 24.0 Å². The van der Waals surface area contributed by atoms with Gasteiger partial charge in [0.1, 0.15) is 5.82 Å². The Morgan fingerprint density at radius 2 is 2.00 bits per heavy atom. The fourth-order valence-electron chi connectivity index (χ4n) is 2.81. The van der Waals surface area contributed by atoms with Crippen LogP contribution in [0.1, 0.15) is 34.6 Å². The molecule has 0 atom stereocenters. The fourth-order valence-corrected chi connectivity index (χ4v) is 2.81. The molecule has 154 valence electrons. The molecule has 3 N–H and O–H groups in total. The Morgan fingerprint density at radius 3 is 2.68 bits per heavy atom. The molecule has 7 nitrogen and oxygen atoms in total. The molecular weight excluding hydrogens is 467 g/mol. The number of hydrogen-bond acceptors (Lipinski definition) is 3. The summed E-state index contributed by atoms with van der Waals surface area (Å²) in [6, 6.07) is 7.69. The van der Waals surface area contributed by atoms with Crippen molar-refractivity contribution >= 4 is 35.8 Å². The van der Waals surface area contributed by atoms with E-state index in [1.54, 1.807) is 14.1 Å². The van der Waals surface area contributed by atoms with E-state index in [-0.39, 0.29) is 29.9 Å². The molecule has 1 amide bonds. The third-order valence-corrected chi connectivity index (χ3v) is 4.39. The molecule has 1 heterocycles. The van der Waals surface area contributed by atoms with Crippen LogP contribution in [0.3, 0.4) is 0 Å². The molecule has 0 saturated heterocycles. The number of amides is 1. The summed E-state index contributed by atoms with van der Waals surface area (Å²) in [5, 5.41) is 9.30. The number of carbonyl (C=O) groups excluding carboxylic acids is 1. The maximum Gasteiger partial charge on any atom is 0.251 e. The number of hydrogen-bond donors (Lipinski definition) is 3. The highest BCUT2D eigenvalue weighted by molar-refractivity contribution is 14.0. The number of imidazole rings is 1. The summed E-state index contributed by atoms with van der Waals surface area (Å²) < 4.78 is 2.17. The summed E-state index contributed by atoms with van der Waals surface area (Å²) >= 11 is 0. The number of guanidine groups is 1. The van der Waals surface area contributed by atoms with Crippen molar-refractivity contribution in [3.05, 3.63) is 53.6 Å². The summed E-state index contributed by atoms with van der Waals surface area (Å²) in [6.07, 6.45) is 6.83. The number of rotatable bonds is 9. The lowest BCUT2D eigenvalue weighted by molar-refractivity contribution is 0.0963. The number of nitrogens with zero attached hydrogens (tertiary/aromatic N) is 3. The number of aliphatic imine (C=N–C) groups is 1. The predicted molar refractivity (Wildman–Crippen MR) is 125 cm³/mol. The average molecular weight is 498 g/mol. The van der Waals surface area contributed by atoms with Crippen LogP contribution in [-0.4, -0.2) is 48.6 Å². The van der Waals surface area contributed by atoms with Gasteiger partial charge in [0.25, 0.3) is 5.91 Å². The predicted octanol–water partition coefficient (Wildman–Crippen LogP) is 2.36. The van der Waals surface area contributed by atoms with Crippen molar-refractivity contribution in [2.75, 3.05) is 27.2 Å². The van der Waals surface area contributed by atoms with Gasteiger partial charge in [-0.25, -0.2) is 4.98 Å². The molecule has 2 aromatic rings. The van der Waals surface area contributed by atoms with Gasteiger partial charge in [-0.2, -0.15) is 0 Å². The Bertz CT molecular complexity index is 759. The van der Waals surface area contributed by atoms with E-state index in [0.717, 1.165) is 56.2 Å². The summed E-state index contributed by atoms with van der Waals surface area (Å²) in [4.78, 5) is 20.2. The topological polar surface area (TPSA) is 83.3 Å². The zero-order valence-corrected chi connectivity index (χ0v) is 19.2. The first-order valence-electron chi connectivity index (χ1n) is 9.37. The molecule has 2 rings (SSSR count). The van der Waals surface area contributed by atoms with E-state index in [4.69, 9.17) is 0 Å². The van der Waals surface area contributed by atoms with Gasteiger partial charge in [0.05, 0.1) is 0 Å². The Labute approximate surface area is 184 Å². The van der Waals surface area contributed by atoms with Crippen molar-refractivity contribution in [2.45, 2.75) is 32.7 Å². The summed E-state index contributed by atoms with van der Waals surface area (Å²) in [6.45, 7) is 4.64. The third-order valence-electron chi connectivity index (χ3n) is 4.39. The van der Waals surface area contributed by atoms with E-state index in [9.17, 15) is 4.79 Å². The Kier molecular flexibility index (Phi) is 11.2. The number of nitrogens with one attached hydrogen (secondary N) is 3. The number of carbonyl (C=O) groups is 1. The van der Waals surface area contributed by atoms with E-state index in [1.807, 2.05) is 43.6 Å². The lowest BCUT2D eigenvalue weighted by Crippen LogP contribution is -2.38. The Morgan fingerprint density at radius 1 is 1.21 bits per heavy atom. The first-order valence-corrected chi connectivity index (χ1v) is 9.37. The third kappa shape index (κ3) is 7.87. The number of aromatic nitrogens is 2. The lowest BCUT2D eigenvalue weighted by atomic mass is 10.1. The Balaban J connectivity index is 0.00000392. The van der Waals surface area contributed by atoms with Crippen molar-refractivity contribution in [3.8, 4) is 0 Å². The standard InChI is InChI=1S/C20H30N6O.HI/c1-16-23-12-14-26(16)13-5-4-10-24-20(22-3)25-11-9-17-7-6-8-18(15-17)19(27)21-2;/h6-8,12,14-15H,4-5,9-11,13H2,1-3H3,(H,21,27)(H2,22,24,25);1H. The van der Waals surface area contributed by atoms with Gasteiger partial charge in [-0.1, -0.05) is 12.1 Å². The van der Waals surface area contributed by atoms with Crippen LogP contribution in [0.5, 0.6) is 0 Å². The van der Waals surface area contributed by atoms with Crippen molar-refractivity contribution in [1.82, 2.24) is 25.5 Å². The molecule has 1 aromatic carbocycles. The second-order valence-corrected chi connectivity index (χ2v) is 6.33. The highest BCUT2D eigenvalue weighted by Gasteiger charge is 2.04. The maximum absolute atomic E-state index is 11.7. The molecule has 0 radical (unpaired) electrons. The first kappa shape index (κ1) is 23.9. The Hall–Kier alpha value is -2.10.